The molecule has 0 aliphatic carbocycles. The second-order valence-electron chi connectivity index (χ2n) is 9.37. The molecule has 3 N–H and O–H groups in total. The molecule has 0 aliphatic heterocycles. The molecule has 4 aromatic rings. The van der Waals surface area contributed by atoms with Gasteiger partial charge in [0.15, 0.2) is 0 Å². The maximum atomic E-state index is 12.6. The molecule has 4 rings (SSSR count). The van der Waals surface area contributed by atoms with Gasteiger partial charge < -0.3 is 14.6 Å². The molecule has 0 radical (unpaired) electrons. The SMILES string of the molecule is COC(=O)Nc1cccc(C(O)(CN(Cc2ccccc2)Cc2ccccc2)c2cccc(NC(=O)OC)c2)c1. The lowest BCUT2D eigenvalue weighted by molar-refractivity contribution is 0.0298. The summed E-state index contributed by atoms with van der Waals surface area (Å²) in [6.07, 6.45) is -1.22. The fourth-order valence-corrected chi connectivity index (χ4v) is 4.57. The third kappa shape index (κ3) is 7.47. The molecule has 206 valence electrons. The first-order valence-corrected chi connectivity index (χ1v) is 12.8. The van der Waals surface area contributed by atoms with Gasteiger partial charge in [0.25, 0.3) is 0 Å². The molecule has 2 amide bonds. The summed E-state index contributed by atoms with van der Waals surface area (Å²) in [7, 11) is 2.58. The largest absolute Gasteiger partial charge is 0.453 e. The van der Waals surface area contributed by atoms with Gasteiger partial charge in [-0.2, -0.15) is 0 Å². The monoisotopic (exact) mass is 539 g/mol. The Morgan fingerprint density at radius 3 is 1.50 bits per heavy atom. The van der Waals surface area contributed by atoms with Crippen molar-refractivity contribution in [2.75, 3.05) is 31.4 Å². The molecule has 0 aromatic heterocycles. The fraction of sp³-hybridized carbons (Fsp3) is 0.188. The van der Waals surface area contributed by atoms with Crippen LogP contribution in [0, 0.1) is 0 Å². The summed E-state index contributed by atoms with van der Waals surface area (Å²) in [4.78, 5) is 26.0. The number of hydrogen-bond donors (Lipinski definition) is 3. The molecule has 0 fully saturated rings. The van der Waals surface area contributed by atoms with Crippen molar-refractivity contribution in [2.45, 2.75) is 18.7 Å². The number of ether oxygens (including phenoxy) is 2. The predicted octanol–water partition coefficient (Wildman–Crippen LogP) is 5.98. The summed E-state index contributed by atoms with van der Waals surface area (Å²) in [6, 6.07) is 34.2. The van der Waals surface area contributed by atoms with Crippen molar-refractivity contribution < 1.29 is 24.2 Å². The average Bonchev–Trinajstić information content (AvgIpc) is 2.98. The quantitative estimate of drug-likeness (QED) is 0.229. The normalized spacial score (nSPS) is 11.1. The van der Waals surface area contributed by atoms with E-state index < -0.39 is 17.8 Å². The number of methoxy groups -OCH3 is 2. The maximum absolute atomic E-state index is 12.6. The van der Waals surface area contributed by atoms with Crippen molar-refractivity contribution in [1.82, 2.24) is 4.90 Å². The first-order chi connectivity index (χ1) is 19.4. The van der Waals surface area contributed by atoms with E-state index in [-0.39, 0.29) is 6.54 Å². The number of nitrogens with zero attached hydrogens (tertiary/aromatic N) is 1. The minimum atomic E-state index is -1.54. The molecule has 0 saturated carbocycles. The lowest BCUT2D eigenvalue weighted by Crippen LogP contribution is -2.41. The Bertz CT molecular complexity index is 1310. The first-order valence-electron chi connectivity index (χ1n) is 12.8. The van der Waals surface area contributed by atoms with Gasteiger partial charge in [-0.15, -0.1) is 0 Å². The Morgan fingerprint density at radius 2 is 1.10 bits per heavy atom. The molecule has 0 heterocycles. The van der Waals surface area contributed by atoms with Crippen molar-refractivity contribution >= 4 is 23.6 Å². The third-order valence-electron chi connectivity index (χ3n) is 6.49. The molecular weight excluding hydrogens is 506 g/mol. The lowest BCUT2D eigenvalue weighted by atomic mass is 9.85. The van der Waals surface area contributed by atoms with Crippen molar-refractivity contribution in [3.05, 3.63) is 131 Å². The van der Waals surface area contributed by atoms with Crippen molar-refractivity contribution in [1.29, 1.82) is 0 Å². The number of nitrogens with one attached hydrogen (secondary N) is 2. The van der Waals surface area contributed by atoms with E-state index in [1.165, 1.54) is 14.2 Å². The van der Waals surface area contributed by atoms with Crippen molar-refractivity contribution in [3.63, 3.8) is 0 Å². The molecule has 4 aromatic carbocycles. The van der Waals surface area contributed by atoms with Crippen LogP contribution in [-0.2, 0) is 28.2 Å². The Morgan fingerprint density at radius 1 is 0.675 bits per heavy atom. The van der Waals surface area contributed by atoms with Gasteiger partial charge in [0.1, 0.15) is 5.60 Å². The topological polar surface area (TPSA) is 100 Å². The van der Waals surface area contributed by atoms with Gasteiger partial charge in [0.2, 0.25) is 0 Å². The maximum Gasteiger partial charge on any atom is 0.411 e. The van der Waals surface area contributed by atoms with E-state index in [2.05, 4.69) is 39.8 Å². The smallest absolute Gasteiger partial charge is 0.411 e. The molecule has 0 saturated heterocycles. The molecule has 8 nitrogen and oxygen atoms in total. The predicted molar refractivity (Wildman–Crippen MR) is 155 cm³/mol. The number of carbonyl (C=O) groups excluding carboxylic acids is 2. The summed E-state index contributed by atoms with van der Waals surface area (Å²) < 4.78 is 9.50. The summed E-state index contributed by atoms with van der Waals surface area (Å²) >= 11 is 0. The van der Waals surface area contributed by atoms with Crippen LogP contribution in [0.3, 0.4) is 0 Å². The van der Waals surface area contributed by atoms with Crippen LogP contribution in [-0.4, -0.2) is 43.0 Å². The average molecular weight is 540 g/mol. The fourth-order valence-electron chi connectivity index (χ4n) is 4.57. The molecule has 0 spiro atoms. The molecular formula is C32H33N3O5. The Labute approximate surface area is 234 Å². The zero-order valence-corrected chi connectivity index (χ0v) is 22.5. The van der Waals surface area contributed by atoms with Crippen LogP contribution < -0.4 is 10.6 Å². The van der Waals surface area contributed by atoms with Crippen LogP contribution in [0.1, 0.15) is 22.3 Å². The number of rotatable bonds is 10. The number of anilines is 2. The van der Waals surface area contributed by atoms with Crippen LogP contribution in [0.25, 0.3) is 0 Å². The van der Waals surface area contributed by atoms with Crippen LogP contribution in [0.15, 0.2) is 109 Å². The summed E-state index contributed by atoms with van der Waals surface area (Å²) in [5, 5.41) is 17.9. The molecule has 0 unspecified atom stereocenters. The van der Waals surface area contributed by atoms with E-state index in [1.807, 2.05) is 48.5 Å². The molecule has 0 aliphatic rings. The second kappa shape index (κ2) is 13.4. The van der Waals surface area contributed by atoms with Crippen LogP contribution in [0.5, 0.6) is 0 Å². The van der Waals surface area contributed by atoms with Crippen molar-refractivity contribution in [3.8, 4) is 0 Å². The number of aliphatic hydroxyl groups is 1. The van der Waals surface area contributed by atoms with E-state index in [9.17, 15) is 14.7 Å². The molecule has 0 bridgehead atoms. The zero-order chi connectivity index (χ0) is 28.4. The highest BCUT2D eigenvalue weighted by Crippen LogP contribution is 2.34. The van der Waals surface area contributed by atoms with E-state index in [0.717, 1.165) is 11.1 Å². The minimum Gasteiger partial charge on any atom is -0.453 e. The Balaban J connectivity index is 1.78. The summed E-state index contributed by atoms with van der Waals surface area (Å²) in [5.74, 6) is 0. The van der Waals surface area contributed by atoms with Gasteiger partial charge in [-0.05, 0) is 46.5 Å². The zero-order valence-electron chi connectivity index (χ0n) is 22.5. The van der Waals surface area contributed by atoms with Gasteiger partial charge in [-0.3, -0.25) is 15.5 Å². The van der Waals surface area contributed by atoms with Gasteiger partial charge >= 0.3 is 12.2 Å². The standard InChI is InChI=1S/C32H33N3O5/c1-39-30(36)33-28-17-9-15-26(19-28)32(38,27-16-10-18-29(20-27)34-31(37)40-2)23-35(21-24-11-5-3-6-12-24)22-25-13-7-4-8-14-25/h3-20,38H,21-23H2,1-2H3,(H,33,36)(H,34,37). The molecule has 40 heavy (non-hydrogen) atoms. The van der Waals surface area contributed by atoms with E-state index in [1.54, 1.807) is 36.4 Å². The van der Waals surface area contributed by atoms with Gasteiger partial charge in [0, 0.05) is 31.0 Å². The van der Waals surface area contributed by atoms with E-state index >= 15 is 0 Å². The van der Waals surface area contributed by atoms with Crippen molar-refractivity contribution in [2.24, 2.45) is 0 Å². The van der Waals surface area contributed by atoms with E-state index in [4.69, 9.17) is 9.47 Å². The number of amides is 2. The third-order valence-corrected chi connectivity index (χ3v) is 6.49. The van der Waals surface area contributed by atoms with E-state index in [0.29, 0.717) is 35.6 Å². The van der Waals surface area contributed by atoms with Gasteiger partial charge in [-0.1, -0.05) is 84.9 Å². The Kier molecular flexibility index (Phi) is 9.51. The Hall–Kier alpha value is -4.66. The highest BCUT2D eigenvalue weighted by atomic mass is 16.5. The highest BCUT2D eigenvalue weighted by Gasteiger charge is 2.35. The summed E-state index contributed by atoms with van der Waals surface area (Å²) in [6.45, 7) is 1.37. The number of carbonyl (C=O) groups is 2. The first kappa shape index (κ1) is 28.4. The minimum absolute atomic E-state index is 0.208. The lowest BCUT2D eigenvalue weighted by Gasteiger charge is -2.36. The van der Waals surface area contributed by atoms with Crippen LogP contribution >= 0.6 is 0 Å². The number of benzene rings is 4. The summed E-state index contributed by atoms with van der Waals surface area (Å²) in [5.41, 5.74) is 2.73. The van der Waals surface area contributed by atoms with Crippen LogP contribution in [0.2, 0.25) is 0 Å². The second-order valence-corrected chi connectivity index (χ2v) is 9.37. The molecule has 0 atom stereocenters. The van der Waals surface area contributed by atoms with Gasteiger partial charge in [0.05, 0.1) is 14.2 Å². The van der Waals surface area contributed by atoms with Crippen LogP contribution in [0.4, 0.5) is 21.0 Å². The highest BCUT2D eigenvalue weighted by molar-refractivity contribution is 5.85. The van der Waals surface area contributed by atoms with Gasteiger partial charge in [-0.25, -0.2) is 9.59 Å². The molecule has 8 heteroatoms. The number of hydrogen-bond acceptors (Lipinski definition) is 6.